The van der Waals surface area contributed by atoms with Crippen LogP contribution in [0.5, 0.6) is 5.75 Å². The number of imidazole rings is 1. The smallest absolute Gasteiger partial charge is 0.405 e. The molecule has 744 valence electrons. The van der Waals surface area contributed by atoms with Crippen molar-refractivity contribution in [3.8, 4) is 55.9 Å². The van der Waals surface area contributed by atoms with E-state index in [1.807, 2.05) is 133 Å². The Morgan fingerprint density at radius 2 is 0.804 bits per heavy atom. The van der Waals surface area contributed by atoms with E-state index in [0.717, 1.165) is 85.3 Å². The van der Waals surface area contributed by atoms with Crippen LogP contribution in [-0.2, 0) is 36.8 Å². The highest BCUT2D eigenvalue weighted by Crippen LogP contribution is 2.53. The lowest BCUT2D eigenvalue weighted by atomic mass is 9.81. The summed E-state index contributed by atoms with van der Waals surface area (Å²) in [5.74, 6) is -5.31. The number of nitrogens with zero attached hydrogens (tertiary/aromatic N) is 12. The number of rotatable bonds is 17. The normalized spacial score (nSPS) is 13.5. The van der Waals surface area contributed by atoms with Crippen molar-refractivity contribution in [2.75, 3.05) is 36.0 Å². The zero-order valence-corrected chi connectivity index (χ0v) is 81.2. The third-order valence-electron chi connectivity index (χ3n) is 25.3. The van der Waals surface area contributed by atoms with E-state index in [0.29, 0.717) is 101 Å². The van der Waals surface area contributed by atoms with Crippen molar-refractivity contribution in [2.24, 2.45) is 0 Å². The number of amides is 7. The molecule has 0 radical (unpaired) electrons. The van der Waals surface area contributed by atoms with Crippen LogP contribution < -0.4 is 46.4 Å². The minimum Gasteiger partial charge on any atom is -0.405 e. The Labute approximate surface area is 840 Å². The van der Waals surface area contributed by atoms with E-state index >= 15 is 0 Å². The van der Waals surface area contributed by atoms with Crippen molar-refractivity contribution in [3.63, 3.8) is 0 Å². The van der Waals surface area contributed by atoms with Crippen molar-refractivity contribution < 1.29 is 77.8 Å². The molecule has 0 spiro atoms. The second-order valence-electron chi connectivity index (χ2n) is 36.7. The quantitative estimate of drug-likeness (QED) is 0.0529. The minimum atomic E-state index is -5.00. The molecule has 0 unspecified atom stereocenters. The van der Waals surface area contributed by atoms with E-state index in [9.17, 15) is 77.9 Å². The molecule has 26 nitrogen and oxygen atoms in total. The van der Waals surface area contributed by atoms with Crippen LogP contribution in [0, 0.1) is 59.0 Å². The highest BCUT2D eigenvalue weighted by atomic mass is 19.4. The number of aromatic nitrogens is 10. The van der Waals surface area contributed by atoms with E-state index in [1.54, 1.807) is 154 Å². The second kappa shape index (κ2) is 40.5. The van der Waals surface area contributed by atoms with Crippen LogP contribution in [0.3, 0.4) is 0 Å². The number of aryl methyl sites for hydroxylation is 6. The molecule has 148 heavy (non-hydrogen) atoms. The molecular weight excluding hydrogens is 1910 g/mol. The molecule has 35 heteroatoms. The maximum atomic E-state index is 14.5. The van der Waals surface area contributed by atoms with Gasteiger partial charge in [-0.25, -0.2) is 62.6 Å². The summed E-state index contributed by atoms with van der Waals surface area (Å²) >= 11 is 0. The third kappa shape index (κ3) is 20.3. The first kappa shape index (κ1) is 101. The molecule has 0 aliphatic carbocycles. The first-order valence-electron chi connectivity index (χ1n) is 46.2. The van der Waals surface area contributed by atoms with Gasteiger partial charge in [0.05, 0.1) is 66.7 Å². The van der Waals surface area contributed by atoms with Gasteiger partial charge in [0.2, 0.25) is 29.6 Å². The SMILES string of the molecule is Cc1ccc(NC(=O)c2cc(-c3cccc4c3C(C)(C)C(=O)N4c3ncccn3)ccc2OC(F)(F)F)cc1.Cc1ccc(NC(=O)c2cc(-c3cccc4c3C(C)(C)C(=O)N4c3ncccn3)cnc2C)cc1.Cc1ccc(NC(=O)c2cc(-c3cccc4c3[nH]c(=O)n4-c3cccc(F)c3F)ccc2C)cc1.Cc1ccc(NC(=O)c2cc(-c3ccnc4c3C(C)(C)C(=O)N4c3ccccn3)cnc2C(F)(F)F)cc1F. The van der Waals surface area contributed by atoms with Crippen LogP contribution in [0.4, 0.5) is 97.2 Å². The lowest BCUT2D eigenvalue weighted by Gasteiger charge is -2.20. The molecule has 0 saturated carbocycles. The zero-order valence-electron chi connectivity index (χ0n) is 81.2. The van der Waals surface area contributed by atoms with Crippen LogP contribution in [0.2, 0.25) is 0 Å². The predicted octanol–water partition coefficient (Wildman–Crippen LogP) is 24.3. The highest BCUT2D eigenvalue weighted by Gasteiger charge is 2.51. The van der Waals surface area contributed by atoms with Crippen LogP contribution in [0.1, 0.15) is 139 Å². The van der Waals surface area contributed by atoms with Crippen LogP contribution >= 0.6 is 0 Å². The number of anilines is 10. The number of aromatic amines is 1. The van der Waals surface area contributed by atoms with Crippen molar-refractivity contribution in [2.45, 2.75) is 112 Å². The fourth-order valence-corrected chi connectivity index (χ4v) is 17.8. The highest BCUT2D eigenvalue weighted by molar-refractivity contribution is 6.17. The number of nitrogens with one attached hydrogen (secondary N) is 5. The number of benzene rings is 10. The Bertz CT molecular complexity index is 8200. The molecule has 7 amide bonds. The van der Waals surface area contributed by atoms with Crippen molar-refractivity contribution in [1.29, 1.82) is 0 Å². The Kier molecular flexibility index (Phi) is 27.7. The molecule has 3 aliphatic rings. The number of pyridine rings is 4. The molecule has 17 aromatic rings. The molecule has 10 heterocycles. The fraction of sp³-hybridized carbons (Fsp3) is 0.150. The van der Waals surface area contributed by atoms with Crippen molar-refractivity contribution >= 4 is 110 Å². The molecule has 20 rings (SSSR count). The number of hydrogen-bond acceptors (Lipinski definition) is 17. The number of carbonyl (C=O) groups is 7. The molecule has 10 aromatic carbocycles. The maximum absolute atomic E-state index is 14.5. The van der Waals surface area contributed by atoms with Gasteiger partial charge in [0, 0.05) is 100 Å². The Balaban J connectivity index is 0.000000135. The van der Waals surface area contributed by atoms with Gasteiger partial charge in [-0.15, -0.1) is 13.2 Å². The topological polar surface area (TPSA) is 327 Å². The number of hydrogen-bond donors (Lipinski definition) is 5. The first-order valence-corrected chi connectivity index (χ1v) is 46.2. The summed E-state index contributed by atoms with van der Waals surface area (Å²) < 4.78 is 129. The summed E-state index contributed by atoms with van der Waals surface area (Å²) in [7, 11) is 0. The summed E-state index contributed by atoms with van der Waals surface area (Å²) in [6.07, 6.45) is 2.06. The number of fused-ring (bicyclic) bond motifs is 4. The molecular formula is C113H90F9N17O9. The maximum Gasteiger partial charge on any atom is 0.573 e. The standard InChI is InChI=1S/C29H23F3N4O3.C28H21F4N5O2.C28H21F2N3O2.C28H25N5O2/c1-17-8-11-19(12-9-17)35-25(37)21-16-18(10-13-23(21)39-29(30,31)32)20-6-4-7-22-24(20)28(2,3)26(38)36(22)27-33-14-5-15-34-27;1-15-7-8-17(13-20(15)29)36-25(38)19-12-16(14-35-23(19)28(30,31)32)18-9-11-34-24-22(18)27(2,3)26(39)37(24)21-6-4-5-10-33-21;1-16-9-13-19(14-10-16)31-27(34)21-15-18(12-11-17(21)2)20-5-3-8-24-26(20)32-28(35)33(24)23-7-4-6-22(29)25(23)30;1-17-9-11-20(12-10-17)32-25(34)22-15-19(16-31-18(22)2)21-7-5-8-23-24(21)28(3,4)26(35)33(23)27-29-13-6-14-30-27/h4-16H,1-3H3,(H,35,37);4-14H,1-3H3,(H,36,38);3-15H,1-2H3,(H,31,34)(H,32,35);5-16H,1-4H3,(H,32,34). The van der Waals surface area contributed by atoms with E-state index in [1.165, 1.54) is 77.9 Å². The van der Waals surface area contributed by atoms with E-state index < -0.39 is 80.7 Å². The van der Waals surface area contributed by atoms with Gasteiger partial charge in [-0.1, -0.05) is 126 Å². The lowest BCUT2D eigenvalue weighted by molar-refractivity contribution is -0.274. The lowest BCUT2D eigenvalue weighted by Crippen LogP contribution is -2.34. The van der Waals surface area contributed by atoms with Crippen molar-refractivity contribution in [3.05, 3.63) is 404 Å². The summed E-state index contributed by atoms with van der Waals surface area (Å²) in [5, 5.41) is 10.8. The third-order valence-corrected chi connectivity index (χ3v) is 25.3. The number of carbonyl (C=O) groups excluding carboxylic acids is 7. The van der Waals surface area contributed by atoms with Gasteiger partial charge in [-0.3, -0.25) is 48.1 Å². The van der Waals surface area contributed by atoms with Gasteiger partial charge in [-0.2, -0.15) is 13.2 Å². The van der Waals surface area contributed by atoms with Gasteiger partial charge in [-0.05, 0) is 273 Å². The van der Waals surface area contributed by atoms with E-state index in [4.69, 9.17) is 0 Å². The van der Waals surface area contributed by atoms with Crippen LogP contribution in [0.15, 0.2) is 303 Å². The minimum absolute atomic E-state index is 0.0100. The number of alkyl halides is 6. The monoisotopic (exact) mass is 2000 g/mol. The molecule has 3 aliphatic heterocycles. The molecule has 0 saturated heterocycles. The van der Waals surface area contributed by atoms with Gasteiger partial charge in [0.25, 0.3) is 23.6 Å². The summed E-state index contributed by atoms with van der Waals surface area (Å²) in [6.45, 7) is 21.7. The van der Waals surface area contributed by atoms with Gasteiger partial charge < -0.3 is 31.0 Å². The second-order valence-corrected chi connectivity index (χ2v) is 36.7. The Morgan fingerprint density at radius 3 is 1.35 bits per heavy atom. The average molecular weight is 2000 g/mol. The van der Waals surface area contributed by atoms with E-state index in [-0.39, 0.29) is 63.8 Å². The van der Waals surface area contributed by atoms with Crippen molar-refractivity contribution in [1.82, 2.24) is 49.4 Å². The number of H-pyrrole nitrogens is 1. The summed E-state index contributed by atoms with van der Waals surface area (Å²) in [6, 6.07) is 67.9. The fourth-order valence-electron chi connectivity index (χ4n) is 17.8. The van der Waals surface area contributed by atoms with Gasteiger partial charge >= 0.3 is 18.2 Å². The van der Waals surface area contributed by atoms with Crippen LogP contribution in [0.25, 0.3) is 61.2 Å². The largest absolute Gasteiger partial charge is 0.573 e. The Hall–Kier alpha value is -18.3. The number of para-hydroxylation sites is 1. The molecule has 0 atom stereocenters. The van der Waals surface area contributed by atoms with Gasteiger partial charge in [0.15, 0.2) is 17.3 Å². The summed E-state index contributed by atoms with van der Waals surface area (Å²) in [4.78, 5) is 147. The molecule has 0 bridgehead atoms. The average Bonchev–Trinajstić information content (AvgIpc) is 1.58. The number of halogens is 9. The molecule has 7 aromatic heterocycles. The molecule has 5 N–H and O–H groups in total. The molecule has 0 fully saturated rings. The van der Waals surface area contributed by atoms with Gasteiger partial charge in [0.1, 0.15) is 23.2 Å². The summed E-state index contributed by atoms with van der Waals surface area (Å²) in [5.41, 5.74) is 10.1. The van der Waals surface area contributed by atoms with Crippen LogP contribution in [-0.4, -0.2) is 97.1 Å². The number of ether oxygens (including phenoxy) is 1. The first-order chi connectivity index (χ1) is 70.4. The Morgan fingerprint density at radius 1 is 0.365 bits per heavy atom. The predicted molar refractivity (Wildman–Crippen MR) is 545 cm³/mol. The van der Waals surface area contributed by atoms with E-state index in [2.05, 4.69) is 70.9 Å². The zero-order chi connectivity index (χ0) is 105.